The van der Waals surface area contributed by atoms with Crippen LogP contribution in [0, 0.1) is 0 Å². The zero-order valence-electron chi connectivity index (χ0n) is 13.7. The maximum atomic E-state index is 12.6. The number of nitrogens with zero attached hydrogens (tertiary/aromatic N) is 2. The van der Waals surface area contributed by atoms with Gasteiger partial charge in [0.05, 0.1) is 18.8 Å². The molecule has 0 bridgehead atoms. The fourth-order valence-corrected chi connectivity index (χ4v) is 5.01. The molecule has 0 radical (unpaired) electrons. The third-order valence-electron chi connectivity index (χ3n) is 4.80. The van der Waals surface area contributed by atoms with Crippen molar-refractivity contribution in [2.45, 2.75) is 57.5 Å². The second-order valence-electron chi connectivity index (χ2n) is 6.38. The molecule has 1 aliphatic heterocycles. The average Bonchev–Trinajstić information content (AvgIpc) is 3.07. The first-order valence-corrected chi connectivity index (χ1v) is 9.86. The zero-order chi connectivity index (χ0) is 16.3. The standard InChI is InChI=1S/C15H26N4O3S/c1-22-11-12-6-5-9-19(12)23(20,21)16-10-15-13-7-3-2-4-8-14(13)17-18-15/h12,16H,2-11H2,1H3,(H,17,18). The molecule has 23 heavy (non-hydrogen) atoms. The van der Waals surface area contributed by atoms with Gasteiger partial charge in [0.2, 0.25) is 0 Å². The van der Waals surface area contributed by atoms with E-state index in [1.165, 1.54) is 28.4 Å². The van der Waals surface area contributed by atoms with E-state index in [4.69, 9.17) is 4.74 Å². The normalized spacial score (nSPS) is 22.9. The topological polar surface area (TPSA) is 87.3 Å². The summed E-state index contributed by atoms with van der Waals surface area (Å²) >= 11 is 0. The fourth-order valence-electron chi connectivity index (χ4n) is 3.60. The van der Waals surface area contributed by atoms with E-state index in [1.54, 1.807) is 7.11 Å². The average molecular weight is 342 g/mol. The second-order valence-corrected chi connectivity index (χ2v) is 8.08. The number of aromatic amines is 1. The molecule has 1 fully saturated rings. The molecule has 1 unspecified atom stereocenters. The Balaban J connectivity index is 1.66. The Morgan fingerprint density at radius 2 is 2.13 bits per heavy atom. The van der Waals surface area contributed by atoms with Gasteiger partial charge in [0.25, 0.3) is 10.2 Å². The highest BCUT2D eigenvalue weighted by Gasteiger charge is 2.34. The lowest BCUT2D eigenvalue weighted by molar-refractivity contribution is 0.148. The van der Waals surface area contributed by atoms with Gasteiger partial charge in [-0.05, 0) is 44.1 Å². The molecule has 2 aliphatic rings. The molecular weight excluding hydrogens is 316 g/mol. The maximum absolute atomic E-state index is 12.6. The SMILES string of the molecule is COCC1CCCN1S(=O)(=O)NCc1n[nH]c2c1CCCCC2. The van der Waals surface area contributed by atoms with E-state index < -0.39 is 10.2 Å². The van der Waals surface area contributed by atoms with Crippen LogP contribution in [0.2, 0.25) is 0 Å². The summed E-state index contributed by atoms with van der Waals surface area (Å²) in [6.45, 7) is 1.26. The number of aromatic nitrogens is 2. The van der Waals surface area contributed by atoms with Crippen LogP contribution in [0.1, 0.15) is 49.1 Å². The van der Waals surface area contributed by atoms with Crippen molar-refractivity contribution in [2.75, 3.05) is 20.3 Å². The highest BCUT2D eigenvalue weighted by atomic mass is 32.2. The van der Waals surface area contributed by atoms with Gasteiger partial charge in [0.15, 0.2) is 0 Å². The van der Waals surface area contributed by atoms with Gasteiger partial charge in [0, 0.05) is 25.4 Å². The molecule has 1 aliphatic carbocycles. The van der Waals surface area contributed by atoms with Gasteiger partial charge in [-0.1, -0.05) is 6.42 Å². The summed E-state index contributed by atoms with van der Waals surface area (Å²) in [5, 5.41) is 7.41. The van der Waals surface area contributed by atoms with Crippen LogP contribution in [-0.2, 0) is 34.3 Å². The lowest BCUT2D eigenvalue weighted by atomic mass is 10.1. The number of nitrogens with one attached hydrogen (secondary N) is 2. The largest absolute Gasteiger partial charge is 0.383 e. The number of hydrogen-bond acceptors (Lipinski definition) is 4. The summed E-state index contributed by atoms with van der Waals surface area (Å²) in [7, 11) is -1.89. The predicted molar refractivity (Wildman–Crippen MR) is 87.2 cm³/mol. The Hall–Kier alpha value is -0.960. The minimum Gasteiger partial charge on any atom is -0.383 e. The zero-order valence-corrected chi connectivity index (χ0v) is 14.5. The van der Waals surface area contributed by atoms with Crippen molar-refractivity contribution in [1.82, 2.24) is 19.2 Å². The van der Waals surface area contributed by atoms with E-state index in [0.29, 0.717) is 13.2 Å². The van der Waals surface area contributed by atoms with Gasteiger partial charge in [-0.15, -0.1) is 0 Å². The van der Waals surface area contributed by atoms with Crippen molar-refractivity contribution < 1.29 is 13.2 Å². The Bertz CT molecular complexity index is 629. The monoisotopic (exact) mass is 342 g/mol. The smallest absolute Gasteiger partial charge is 0.280 e. The highest BCUT2D eigenvalue weighted by molar-refractivity contribution is 7.87. The predicted octanol–water partition coefficient (Wildman–Crippen LogP) is 1.12. The summed E-state index contributed by atoms with van der Waals surface area (Å²) in [6.07, 6.45) is 7.27. The van der Waals surface area contributed by atoms with Crippen molar-refractivity contribution in [3.63, 3.8) is 0 Å². The minimum atomic E-state index is -3.49. The van der Waals surface area contributed by atoms with Crippen LogP contribution in [0.15, 0.2) is 0 Å². The number of H-pyrrole nitrogens is 1. The molecule has 1 saturated heterocycles. The molecule has 2 heterocycles. The van der Waals surface area contributed by atoms with Crippen LogP contribution in [0.4, 0.5) is 0 Å². The summed E-state index contributed by atoms with van der Waals surface area (Å²) in [5.74, 6) is 0. The Morgan fingerprint density at radius 1 is 1.30 bits per heavy atom. The third-order valence-corrected chi connectivity index (χ3v) is 6.41. The summed E-state index contributed by atoms with van der Waals surface area (Å²) in [4.78, 5) is 0. The summed E-state index contributed by atoms with van der Waals surface area (Å²) in [6, 6.07) is -0.0613. The first-order valence-electron chi connectivity index (χ1n) is 8.42. The maximum Gasteiger partial charge on any atom is 0.280 e. The molecule has 2 N–H and O–H groups in total. The van der Waals surface area contributed by atoms with Crippen molar-refractivity contribution in [3.8, 4) is 0 Å². The molecule has 8 heteroatoms. The van der Waals surface area contributed by atoms with Crippen molar-refractivity contribution in [3.05, 3.63) is 17.0 Å². The van der Waals surface area contributed by atoms with Crippen molar-refractivity contribution >= 4 is 10.2 Å². The van der Waals surface area contributed by atoms with Crippen molar-refractivity contribution in [2.24, 2.45) is 0 Å². The first-order chi connectivity index (χ1) is 11.1. The van der Waals surface area contributed by atoms with E-state index in [-0.39, 0.29) is 12.6 Å². The molecule has 130 valence electrons. The van der Waals surface area contributed by atoms with E-state index in [1.807, 2.05) is 0 Å². The molecule has 1 atom stereocenters. The first kappa shape index (κ1) is 16.9. The van der Waals surface area contributed by atoms with Gasteiger partial charge >= 0.3 is 0 Å². The van der Waals surface area contributed by atoms with Gasteiger partial charge in [-0.25, -0.2) is 0 Å². The summed E-state index contributed by atoms with van der Waals surface area (Å²) in [5.41, 5.74) is 3.23. The van der Waals surface area contributed by atoms with Gasteiger partial charge in [0.1, 0.15) is 0 Å². The van der Waals surface area contributed by atoms with Crippen LogP contribution in [0.25, 0.3) is 0 Å². The Labute approximate surface area is 138 Å². The Morgan fingerprint density at radius 3 is 2.96 bits per heavy atom. The molecule has 7 nitrogen and oxygen atoms in total. The number of rotatable bonds is 6. The lowest BCUT2D eigenvalue weighted by Crippen LogP contribution is -2.44. The molecule has 0 spiro atoms. The van der Waals surface area contributed by atoms with Crippen LogP contribution in [0.5, 0.6) is 0 Å². The third kappa shape index (κ3) is 3.76. The molecule has 3 rings (SSSR count). The van der Waals surface area contributed by atoms with Gasteiger partial charge < -0.3 is 4.74 Å². The van der Waals surface area contributed by atoms with Crippen LogP contribution < -0.4 is 4.72 Å². The lowest BCUT2D eigenvalue weighted by Gasteiger charge is -2.23. The van der Waals surface area contributed by atoms with Crippen LogP contribution in [0.3, 0.4) is 0 Å². The van der Waals surface area contributed by atoms with Crippen molar-refractivity contribution in [1.29, 1.82) is 0 Å². The molecule has 0 aromatic carbocycles. The highest BCUT2D eigenvalue weighted by Crippen LogP contribution is 2.23. The minimum absolute atomic E-state index is 0.0613. The van der Waals surface area contributed by atoms with Crippen LogP contribution >= 0.6 is 0 Å². The molecule has 0 saturated carbocycles. The van der Waals surface area contributed by atoms with Crippen LogP contribution in [-0.4, -0.2) is 49.2 Å². The number of methoxy groups -OCH3 is 1. The summed E-state index contributed by atoms with van der Waals surface area (Å²) < 4.78 is 34.5. The molecule has 1 aromatic rings. The van der Waals surface area contributed by atoms with Gasteiger partial charge in [-0.2, -0.15) is 22.5 Å². The number of fused-ring (bicyclic) bond motifs is 1. The second kappa shape index (κ2) is 7.29. The number of hydrogen-bond donors (Lipinski definition) is 2. The number of aryl methyl sites for hydroxylation is 1. The van der Waals surface area contributed by atoms with E-state index in [9.17, 15) is 8.42 Å². The van der Waals surface area contributed by atoms with E-state index in [2.05, 4.69) is 14.9 Å². The molecule has 0 amide bonds. The van der Waals surface area contributed by atoms with Gasteiger partial charge in [-0.3, -0.25) is 5.10 Å². The van der Waals surface area contributed by atoms with E-state index >= 15 is 0 Å². The Kier molecular flexibility index (Phi) is 5.35. The number of ether oxygens (including phenoxy) is 1. The fraction of sp³-hybridized carbons (Fsp3) is 0.800. The van der Waals surface area contributed by atoms with E-state index in [0.717, 1.165) is 37.8 Å². The quantitative estimate of drug-likeness (QED) is 0.759. The molecule has 1 aromatic heterocycles. The molecular formula is C15H26N4O3S.